The van der Waals surface area contributed by atoms with Crippen LogP contribution in [0.5, 0.6) is 5.75 Å². The van der Waals surface area contributed by atoms with Crippen LogP contribution < -0.4 is 4.74 Å². The highest BCUT2D eigenvalue weighted by atomic mass is 19.1. The average Bonchev–Trinajstić information content (AvgIpc) is 2.15. The Hall–Kier alpha value is -1.62. The van der Waals surface area contributed by atoms with E-state index in [1.807, 2.05) is 0 Å². The van der Waals surface area contributed by atoms with Gasteiger partial charge < -0.3 is 14.9 Å². The highest BCUT2D eigenvalue weighted by Gasteiger charge is 2.12. The number of ether oxygens (including phenoxy) is 1. The predicted octanol–water partition coefficient (Wildman–Crippen LogP) is 1.28. The molecule has 0 spiro atoms. The van der Waals surface area contributed by atoms with Gasteiger partial charge in [-0.1, -0.05) is 0 Å². The summed E-state index contributed by atoms with van der Waals surface area (Å²) in [6.45, 7) is 1.47. The number of hydrogen-bond acceptors (Lipinski definition) is 3. The smallest absolute Gasteiger partial charge is 0.339 e. The van der Waals surface area contributed by atoms with E-state index < -0.39 is 17.9 Å². The van der Waals surface area contributed by atoms with Crippen molar-refractivity contribution >= 4 is 5.97 Å². The van der Waals surface area contributed by atoms with Gasteiger partial charge in [0.1, 0.15) is 23.7 Å². The summed E-state index contributed by atoms with van der Waals surface area (Å²) >= 11 is 0. The number of aliphatic hydroxyl groups excluding tert-OH is 1. The second kappa shape index (κ2) is 4.75. The summed E-state index contributed by atoms with van der Waals surface area (Å²) < 4.78 is 17.8. The molecular weight excluding hydrogens is 203 g/mol. The molecule has 0 aromatic heterocycles. The summed E-state index contributed by atoms with van der Waals surface area (Å²) in [6.07, 6.45) is -0.711. The number of hydrogen-bond donors (Lipinski definition) is 2. The lowest BCUT2D eigenvalue weighted by Gasteiger charge is -2.10. The first-order valence-electron chi connectivity index (χ1n) is 4.34. The first kappa shape index (κ1) is 11.5. The highest BCUT2D eigenvalue weighted by molar-refractivity contribution is 5.90. The van der Waals surface area contributed by atoms with Gasteiger partial charge in [0.25, 0.3) is 0 Å². The van der Waals surface area contributed by atoms with Crippen molar-refractivity contribution in [2.24, 2.45) is 0 Å². The molecule has 1 unspecified atom stereocenters. The molecule has 2 N–H and O–H groups in total. The van der Waals surface area contributed by atoms with Gasteiger partial charge >= 0.3 is 5.97 Å². The number of carboxylic acids is 1. The van der Waals surface area contributed by atoms with E-state index in [1.54, 1.807) is 0 Å². The molecule has 0 saturated carbocycles. The van der Waals surface area contributed by atoms with Crippen LogP contribution in [-0.4, -0.2) is 28.9 Å². The lowest BCUT2D eigenvalue weighted by atomic mass is 10.2. The summed E-state index contributed by atoms with van der Waals surface area (Å²) in [4.78, 5) is 10.7. The van der Waals surface area contributed by atoms with Gasteiger partial charge in [-0.05, 0) is 25.1 Å². The molecule has 0 aliphatic heterocycles. The van der Waals surface area contributed by atoms with E-state index in [0.29, 0.717) is 0 Å². The maximum Gasteiger partial charge on any atom is 0.339 e. The summed E-state index contributed by atoms with van der Waals surface area (Å²) in [6, 6.07) is 3.20. The molecular formula is C10H11FO4. The van der Waals surface area contributed by atoms with Crippen molar-refractivity contribution in [2.45, 2.75) is 13.0 Å². The van der Waals surface area contributed by atoms with Crippen molar-refractivity contribution in [2.75, 3.05) is 6.61 Å². The molecule has 5 heteroatoms. The van der Waals surface area contributed by atoms with Crippen molar-refractivity contribution < 1.29 is 24.1 Å². The Morgan fingerprint density at radius 1 is 1.60 bits per heavy atom. The van der Waals surface area contributed by atoms with E-state index in [1.165, 1.54) is 13.0 Å². The van der Waals surface area contributed by atoms with E-state index in [4.69, 9.17) is 14.9 Å². The molecule has 0 fully saturated rings. The van der Waals surface area contributed by atoms with Crippen LogP contribution in [0.2, 0.25) is 0 Å². The number of aromatic carboxylic acids is 1. The zero-order chi connectivity index (χ0) is 11.4. The lowest BCUT2D eigenvalue weighted by molar-refractivity contribution is 0.0685. The second-order valence-corrected chi connectivity index (χ2v) is 3.11. The minimum Gasteiger partial charge on any atom is -0.490 e. The van der Waals surface area contributed by atoms with Crippen LogP contribution in [0.15, 0.2) is 18.2 Å². The monoisotopic (exact) mass is 214 g/mol. The topological polar surface area (TPSA) is 66.8 Å². The first-order chi connectivity index (χ1) is 7.00. The van der Waals surface area contributed by atoms with Crippen LogP contribution in [0.3, 0.4) is 0 Å². The zero-order valence-corrected chi connectivity index (χ0v) is 8.11. The Morgan fingerprint density at radius 2 is 2.27 bits per heavy atom. The van der Waals surface area contributed by atoms with Crippen molar-refractivity contribution in [3.8, 4) is 5.75 Å². The Balaban J connectivity index is 2.91. The molecule has 4 nitrogen and oxygen atoms in total. The fraction of sp³-hybridized carbons (Fsp3) is 0.300. The van der Waals surface area contributed by atoms with E-state index >= 15 is 0 Å². The maximum absolute atomic E-state index is 12.7. The molecule has 15 heavy (non-hydrogen) atoms. The summed E-state index contributed by atoms with van der Waals surface area (Å²) in [5.41, 5.74) is -0.254. The molecule has 0 aliphatic carbocycles. The van der Waals surface area contributed by atoms with Gasteiger partial charge in [0.05, 0.1) is 6.10 Å². The van der Waals surface area contributed by atoms with Crippen LogP contribution in [0, 0.1) is 5.82 Å². The van der Waals surface area contributed by atoms with Gasteiger partial charge in [0.2, 0.25) is 0 Å². The minimum absolute atomic E-state index is 0.0358. The third-order valence-corrected chi connectivity index (χ3v) is 1.65. The highest BCUT2D eigenvalue weighted by Crippen LogP contribution is 2.19. The van der Waals surface area contributed by atoms with Crippen molar-refractivity contribution in [1.82, 2.24) is 0 Å². The van der Waals surface area contributed by atoms with E-state index in [2.05, 4.69) is 0 Å². The molecule has 0 heterocycles. The number of carbonyl (C=O) groups is 1. The number of carboxylic acid groups (broad SMARTS) is 1. The van der Waals surface area contributed by atoms with Gasteiger partial charge in [-0.15, -0.1) is 0 Å². The normalized spacial score (nSPS) is 12.2. The Labute approximate surface area is 85.9 Å². The van der Waals surface area contributed by atoms with Crippen LogP contribution >= 0.6 is 0 Å². The molecule has 0 aliphatic rings. The average molecular weight is 214 g/mol. The van der Waals surface area contributed by atoms with E-state index in [0.717, 1.165) is 12.1 Å². The van der Waals surface area contributed by atoms with Gasteiger partial charge in [-0.2, -0.15) is 0 Å². The van der Waals surface area contributed by atoms with Gasteiger partial charge in [0.15, 0.2) is 0 Å². The molecule has 1 aromatic carbocycles. The molecule has 0 saturated heterocycles. The number of halogens is 1. The van der Waals surface area contributed by atoms with Gasteiger partial charge in [0, 0.05) is 0 Å². The molecule has 0 radical (unpaired) electrons. The van der Waals surface area contributed by atoms with Crippen molar-refractivity contribution in [3.05, 3.63) is 29.6 Å². The summed E-state index contributed by atoms with van der Waals surface area (Å²) in [7, 11) is 0. The molecule has 1 aromatic rings. The van der Waals surface area contributed by atoms with Crippen molar-refractivity contribution in [3.63, 3.8) is 0 Å². The summed E-state index contributed by atoms with van der Waals surface area (Å²) in [5, 5.41) is 17.7. The SMILES string of the molecule is CC(O)COc1ccc(F)cc1C(=O)O. The first-order valence-corrected chi connectivity index (χ1v) is 4.34. The number of benzene rings is 1. The predicted molar refractivity (Wildman–Crippen MR) is 50.5 cm³/mol. The lowest BCUT2D eigenvalue weighted by Crippen LogP contribution is -2.14. The Bertz CT molecular complexity index is 362. The van der Waals surface area contributed by atoms with Crippen LogP contribution in [0.1, 0.15) is 17.3 Å². The van der Waals surface area contributed by atoms with Crippen LogP contribution in [0.4, 0.5) is 4.39 Å². The molecule has 0 bridgehead atoms. The van der Waals surface area contributed by atoms with Crippen LogP contribution in [-0.2, 0) is 0 Å². The molecule has 1 atom stereocenters. The maximum atomic E-state index is 12.7. The number of rotatable bonds is 4. The Kier molecular flexibility index (Phi) is 3.62. The van der Waals surface area contributed by atoms with Gasteiger partial charge in [-0.3, -0.25) is 0 Å². The molecule has 82 valence electrons. The molecule has 1 rings (SSSR count). The second-order valence-electron chi connectivity index (χ2n) is 3.11. The van der Waals surface area contributed by atoms with E-state index in [-0.39, 0.29) is 17.9 Å². The molecule has 0 amide bonds. The standard InChI is InChI=1S/C10H11FO4/c1-6(12)5-15-9-3-2-7(11)4-8(9)10(13)14/h2-4,6,12H,5H2,1H3,(H,13,14). The third-order valence-electron chi connectivity index (χ3n) is 1.65. The van der Waals surface area contributed by atoms with E-state index in [9.17, 15) is 9.18 Å². The summed E-state index contributed by atoms with van der Waals surface area (Å²) in [5.74, 6) is -1.86. The minimum atomic E-state index is -1.27. The zero-order valence-electron chi connectivity index (χ0n) is 8.11. The fourth-order valence-electron chi connectivity index (χ4n) is 1.01. The van der Waals surface area contributed by atoms with Crippen LogP contribution in [0.25, 0.3) is 0 Å². The third kappa shape index (κ3) is 3.21. The number of aliphatic hydroxyl groups is 1. The quantitative estimate of drug-likeness (QED) is 0.792. The fourth-order valence-corrected chi connectivity index (χ4v) is 1.01. The largest absolute Gasteiger partial charge is 0.490 e. The van der Waals surface area contributed by atoms with Gasteiger partial charge in [-0.25, -0.2) is 9.18 Å². The Morgan fingerprint density at radius 3 is 2.80 bits per heavy atom. The van der Waals surface area contributed by atoms with Crippen molar-refractivity contribution in [1.29, 1.82) is 0 Å².